The molecular weight excluding hydrogens is 391 g/mol. The maximum Gasteiger partial charge on any atom is 0.254 e. The van der Waals surface area contributed by atoms with Crippen molar-refractivity contribution in [3.05, 3.63) is 29.6 Å². The van der Waals surface area contributed by atoms with Gasteiger partial charge in [0.25, 0.3) is 11.8 Å². The number of anilines is 1. The summed E-state index contributed by atoms with van der Waals surface area (Å²) in [6.07, 6.45) is -1.82. The summed E-state index contributed by atoms with van der Waals surface area (Å²) in [7, 11) is 0. The van der Waals surface area contributed by atoms with Gasteiger partial charge in [0.2, 0.25) is 0 Å². The first-order chi connectivity index (χ1) is 14.4. The summed E-state index contributed by atoms with van der Waals surface area (Å²) >= 11 is 0. The number of rotatable bonds is 6. The summed E-state index contributed by atoms with van der Waals surface area (Å²) in [6.45, 7) is 2.86. The molecule has 0 spiro atoms. The predicted molar refractivity (Wildman–Crippen MR) is 105 cm³/mol. The fraction of sp³-hybridized carbons (Fsp3) is 0.571. The van der Waals surface area contributed by atoms with Crippen molar-refractivity contribution in [1.82, 2.24) is 10.2 Å². The van der Waals surface area contributed by atoms with Crippen LogP contribution in [0.1, 0.15) is 18.4 Å². The summed E-state index contributed by atoms with van der Waals surface area (Å²) in [5, 5.41) is 31.9. The maximum absolute atomic E-state index is 13.3. The van der Waals surface area contributed by atoms with Crippen LogP contribution in [-0.2, 0) is 9.59 Å². The standard InChI is InChI=1S/C21H25FN4O4/c22-13-3-4-17(12(7-13)8-23)26-10-15-14(16(15)11-26)9-24-20(29)18(27)19(28)21(30)25-5-1-2-6-25/h3-4,7,14-16,18-19,27-28H,1-2,5-6,9-11H2,(H,24,29)/t14?,15-,16+,18-,19-/m1/s1. The normalized spacial score (nSPS) is 26.7. The van der Waals surface area contributed by atoms with Crippen LogP contribution in [-0.4, -0.2) is 71.9 Å². The number of aliphatic hydroxyl groups is 2. The van der Waals surface area contributed by atoms with Crippen LogP contribution in [0.5, 0.6) is 0 Å². The molecule has 2 amide bonds. The van der Waals surface area contributed by atoms with Crippen LogP contribution in [0.25, 0.3) is 0 Å². The third-order valence-electron chi connectivity index (χ3n) is 6.54. The number of benzene rings is 1. The van der Waals surface area contributed by atoms with Gasteiger partial charge < -0.3 is 25.3 Å². The molecule has 9 heteroatoms. The maximum atomic E-state index is 13.3. The van der Waals surface area contributed by atoms with Crippen molar-refractivity contribution in [2.75, 3.05) is 37.6 Å². The first kappa shape index (κ1) is 20.6. The predicted octanol–water partition coefficient (Wildman–Crippen LogP) is -0.160. The van der Waals surface area contributed by atoms with Crippen LogP contribution >= 0.6 is 0 Å². The summed E-state index contributed by atoms with van der Waals surface area (Å²) in [5.74, 6) is -0.867. The molecule has 0 radical (unpaired) electrons. The highest BCUT2D eigenvalue weighted by molar-refractivity contribution is 5.90. The molecular formula is C21H25FN4O4. The fourth-order valence-electron chi connectivity index (χ4n) is 4.75. The number of nitrogens with one attached hydrogen (secondary N) is 1. The Kier molecular flexibility index (Phi) is 5.62. The van der Waals surface area contributed by atoms with Crippen molar-refractivity contribution in [1.29, 1.82) is 5.26 Å². The molecule has 1 saturated carbocycles. The summed E-state index contributed by atoms with van der Waals surface area (Å²) in [4.78, 5) is 27.8. The smallest absolute Gasteiger partial charge is 0.254 e. The van der Waals surface area contributed by atoms with Crippen molar-refractivity contribution >= 4 is 17.5 Å². The van der Waals surface area contributed by atoms with Crippen LogP contribution in [0.3, 0.4) is 0 Å². The largest absolute Gasteiger partial charge is 0.380 e. The lowest BCUT2D eigenvalue weighted by atomic mass is 10.1. The van der Waals surface area contributed by atoms with E-state index in [0.717, 1.165) is 12.8 Å². The van der Waals surface area contributed by atoms with Gasteiger partial charge in [-0.25, -0.2) is 4.39 Å². The summed E-state index contributed by atoms with van der Waals surface area (Å²) in [5.41, 5.74) is 1.02. The van der Waals surface area contributed by atoms with E-state index in [-0.39, 0.29) is 5.92 Å². The lowest BCUT2D eigenvalue weighted by Gasteiger charge is -2.24. The number of nitriles is 1. The molecule has 0 bridgehead atoms. The fourth-order valence-corrected chi connectivity index (χ4v) is 4.75. The second-order valence-electron chi connectivity index (χ2n) is 8.34. The van der Waals surface area contributed by atoms with Gasteiger partial charge >= 0.3 is 0 Å². The number of hydrogen-bond donors (Lipinski definition) is 3. The Morgan fingerprint density at radius 1 is 1.20 bits per heavy atom. The highest BCUT2D eigenvalue weighted by Gasteiger charge is 2.55. The van der Waals surface area contributed by atoms with Crippen LogP contribution in [0.15, 0.2) is 18.2 Å². The molecule has 1 aromatic carbocycles. The third-order valence-corrected chi connectivity index (χ3v) is 6.54. The van der Waals surface area contributed by atoms with Crippen molar-refractivity contribution in [2.45, 2.75) is 25.0 Å². The highest BCUT2D eigenvalue weighted by Crippen LogP contribution is 2.52. The van der Waals surface area contributed by atoms with E-state index < -0.39 is 29.8 Å². The molecule has 8 nitrogen and oxygen atoms in total. The first-order valence-electron chi connectivity index (χ1n) is 10.3. The zero-order valence-electron chi connectivity index (χ0n) is 16.5. The van der Waals surface area contributed by atoms with E-state index in [1.807, 2.05) is 6.07 Å². The van der Waals surface area contributed by atoms with Crippen LogP contribution < -0.4 is 10.2 Å². The van der Waals surface area contributed by atoms with Gasteiger partial charge in [-0.3, -0.25) is 9.59 Å². The Labute approximate surface area is 173 Å². The van der Waals surface area contributed by atoms with Gasteiger partial charge in [-0.05, 0) is 48.8 Å². The van der Waals surface area contributed by atoms with Crippen LogP contribution in [0.4, 0.5) is 10.1 Å². The Morgan fingerprint density at radius 3 is 2.50 bits per heavy atom. The summed E-state index contributed by atoms with van der Waals surface area (Å²) < 4.78 is 13.3. The zero-order chi connectivity index (χ0) is 21.4. The number of hydrogen-bond acceptors (Lipinski definition) is 6. The zero-order valence-corrected chi connectivity index (χ0v) is 16.5. The number of amides is 2. The molecule has 3 aliphatic rings. The molecule has 3 fully saturated rings. The molecule has 0 aromatic heterocycles. The van der Waals surface area contributed by atoms with E-state index in [1.165, 1.54) is 17.0 Å². The van der Waals surface area contributed by atoms with Gasteiger partial charge in [0.15, 0.2) is 12.2 Å². The number of nitrogens with zero attached hydrogens (tertiary/aromatic N) is 3. The monoisotopic (exact) mass is 416 g/mol. The molecule has 30 heavy (non-hydrogen) atoms. The average Bonchev–Trinajstić information content (AvgIpc) is 3.16. The number of carbonyl (C=O) groups excluding carboxylic acids is 2. The van der Waals surface area contributed by atoms with Crippen LogP contribution in [0.2, 0.25) is 0 Å². The van der Waals surface area contributed by atoms with E-state index in [2.05, 4.69) is 10.2 Å². The third kappa shape index (κ3) is 3.85. The Balaban J connectivity index is 1.25. The minimum atomic E-state index is -1.79. The van der Waals surface area contributed by atoms with Gasteiger partial charge in [-0.15, -0.1) is 0 Å². The van der Waals surface area contributed by atoms with Gasteiger partial charge in [-0.1, -0.05) is 0 Å². The second-order valence-corrected chi connectivity index (χ2v) is 8.34. The van der Waals surface area contributed by atoms with Crippen molar-refractivity contribution in [3.63, 3.8) is 0 Å². The number of piperidine rings is 1. The Morgan fingerprint density at radius 2 is 1.87 bits per heavy atom. The summed E-state index contributed by atoms with van der Waals surface area (Å²) in [6, 6.07) is 6.21. The molecule has 160 valence electrons. The van der Waals surface area contributed by atoms with Crippen LogP contribution in [0, 0.1) is 34.9 Å². The van der Waals surface area contributed by atoms with Gasteiger partial charge in [0, 0.05) is 32.7 Å². The van der Waals surface area contributed by atoms with E-state index in [4.69, 9.17) is 0 Å². The molecule has 1 unspecified atom stereocenters. The number of halogens is 1. The molecule has 5 atom stereocenters. The average molecular weight is 416 g/mol. The van der Waals surface area contributed by atoms with Gasteiger partial charge in [0.05, 0.1) is 11.3 Å². The molecule has 2 aliphatic heterocycles. The molecule has 1 aliphatic carbocycles. The lowest BCUT2D eigenvalue weighted by Crippen LogP contribution is -2.50. The number of likely N-dealkylation sites (tertiary alicyclic amines) is 1. The van der Waals surface area contributed by atoms with E-state index in [0.29, 0.717) is 55.8 Å². The Bertz CT molecular complexity index is 870. The van der Waals surface area contributed by atoms with Crippen molar-refractivity contribution in [3.8, 4) is 6.07 Å². The van der Waals surface area contributed by atoms with E-state index in [1.54, 1.807) is 6.07 Å². The lowest BCUT2D eigenvalue weighted by molar-refractivity contribution is -0.152. The quantitative estimate of drug-likeness (QED) is 0.593. The second kappa shape index (κ2) is 8.20. The SMILES string of the molecule is N#Cc1cc(F)ccc1N1C[C@@H]2C(CNC(=O)[C@H](O)[C@@H](O)C(=O)N3CCCC3)[C@@H]2C1. The topological polar surface area (TPSA) is 117 Å². The minimum absolute atomic E-state index is 0.245. The highest BCUT2D eigenvalue weighted by atomic mass is 19.1. The van der Waals surface area contributed by atoms with E-state index >= 15 is 0 Å². The van der Waals surface area contributed by atoms with Crippen molar-refractivity contribution < 1.29 is 24.2 Å². The van der Waals surface area contributed by atoms with Gasteiger partial charge in [0.1, 0.15) is 11.9 Å². The van der Waals surface area contributed by atoms with Crippen molar-refractivity contribution in [2.24, 2.45) is 17.8 Å². The molecule has 2 heterocycles. The first-order valence-corrected chi connectivity index (χ1v) is 10.3. The Hall–Kier alpha value is -2.70. The minimum Gasteiger partial charge on any atom is -0.380 e. The number of aliphatic hydroxyl groups excluding tert-OH is 2. The van der Waals surface area contributed by atoms with Gasteiger partial charge in [-0.2, -0.15) is 5.26 Å². The molecule has 2 saturated heterocycles. The number of carbonyl (C=O) groups is 2. The van der Waals surface area contributed by atoms with E-state index in [9.17, 15) is 29.5 Å². The molecule has 4 rings (SSSR count). The molecule has 1 aromatic rings. The molecule has 3 N–H and O–H groups in total. The number of fused-ring (bicyclic) bond motifs is 1.